The van der Waals surface area contributed by atoms with Crippen LogP contribution < -0.4 is 0 Å². The SMILES string of the molecule is CCC(C)(CBr)C1CCC1. The zero-order valence-electron chi connectivity index (χ0n) is 6.99. The van der Waals surface area contributed by atoms with Gasteiger partial charge < -0.3 is 0 Å². The largest absolute Gasteiger partial charge is 0.0922 e. The van der Waals surface area contributed by atoms with Crippen LogP contribution in [0.1, 0.15) is 39.5 Å². The molecule has 0 radical (unpaired) electrons. The summed E-state index contributed by atoms with van der Waals surface area (Å²) >= 11 is 3.61. The molecule has 1 unspecified atom stereocenters. The highest BCUT2D eigenvalue weighted by atomic mass is 79.9. The molecule has 0 spiro atoms. The Morgan fingerprint density at radius 3 is 2.20 bits per heavy atom. The van der Waals surface area contributed by atoms with E-state index in [0.717, 1.165) is 5.92 Å². The first-order valence-corrected chi connectivity index (χ1v) is 5.41. The first-order chi connectivity index (χ1) is 4.73. The molecule has 0 nitrogen and oxygen atoms in total. The summed E-state index contributed by atoms with van der Waals surface area (Å²) in [6, 6.07) is 0. The van der Waals surface area contributed by atoms with E-state index in [1.54, 1.807) is 0 Å². The second kappa shape index (κ2) is 3.25. The molecule has 0 N–H and O–H groups in total. The summed E-state index contributed by atoms with van der Waals surface area (Å²) < 4.78 is 0. The van der Waals surface area contributed by atoms with E-state index in [-0.39, 0.29) is 0 Å². The molecule has 1 atom stereocenters. The van der Waals surface area contributed by atoms with Crippen LogP contribution in [0.5, 0.6) is 0 Å². The molecule has 0 aromatic heterocycles. The predicted molar refractivity (Wildman–Crippen MR) is 49.5 cm³/mol. The third-order valence-electron chi connectivity index (χ3n) is 3.20. The Morgan fingerprint density at radius 1 is 1.50 bits per heavy atom. The van der Waals surface area contributed by atoms with Crippen molar-refractivity contribution in [3.05, 3.63) is 0 Å². The minimum atomic E-state index is 0.595. The van der Waals surface area contributed by atoms with Crippen molar-refractivity contribution in [1.82, 2.24) is 0 Å². The number of halogens is 1. The molecule has 0 aliphatic heterocycles. The molecule has 0 aromatic carbocycles. The fourth-order valence-electron chi connectivity index (χ4n) is 1.60. The van der Waals surface area contributed by atoms with E-state index in [1.165, 1.54) is 31.0 Å². The lowest BCUT2D eigenvalue weighted by Crippen LogP contribution is -2.33. The maximum Gasteiger partial charge on any atom is 0.00878 e. The van der Waals surface area contributed by atoms with Crippen LogP contribution in [-0.2, 0) is 0 Å². The molecule has 60 valence electrons. The second-order valence-corrected chi connectivity index (χ2v) is 4.33. The van der Waals surface area contributed by atoms with Crippen LogP contribution in [0.15, 0.2) is 0 Å². The van der Waals surface area contributed by atoms with Gasteiger partial charge >= 0.3 is 0 Å². The molecule has 1 aliphatic carbocycles. The highest BCUT2D eigenvalue weighted by Gasteiger charge is 2.35. The van der Waals surface area contributed by atoms with Gasteiger partial charge in [0, 0.05) is 5.33 Å². The highest BCUT2D eigenvalue weighted by Crippen LogP contribution is 2.44. The van der Waals surface area contributed by atoms with Crippen LogP contribution in [0.2, 0.25) is 0 Å². The molecule has 0 saturated heterocycles. The van der Waals surface area contributed by atoms with Gasteiger partial charge in [-0.05, 0) is 30.6 Å². The first kappa shape index (κ1) is 8.58. The van der Waals surface area contributed by atoms with E-state index < -0.39 is 0 Å². The minimum Gasteiger partial charge on any atom is -0.0922 e. The lowest BCUT2D eigenvalue weighted by Gasteiger charge is -2.41. The van der Waals surface area contributed by atoms with Crippen LogP contribution in [-0.4, -0.2) is 5.33 Å². The molecule has 1 fully saturated rings. The summed E-state index contributed by atoms with van der Waals surface area (Å²) in [5.74, 6) is 1.01. The molecule has 0 bridgehead atoms. The van der Waals surface area contributed by atoms with Crippen LogP contribution in [0.25, 0.3) is 0 Å². The molecular formula is C9H17Br. The van der Waals surface area contributed by atoms with Gasteiger partial charge in [-0.2, -0.15) is 0 Å². The molecule has 1 heteroatoms. The summed E-state index contributed by atoms with van der Waals surface area (Å²) in [6.07, 6.45) is 5.72. The van der Waals surface area contributed by atoms with Crippen molar-refractivity contribution in [1.29, 1.82) is 0 Å². The minimum absolute atomic E-state index is 0.595. The van der Waals surface area contributed by atoms with Gasteiger partial charge in [0.25, 0.3) is 0 Å². The van der Waals surface area contributed by atoms with Gasteiger partial charge in [-0.15, -0.1) is 0 Å². The monoisotopic (exact) mass is 204 g/mol. The van der Waals surface area contributed by atoms with E-state index in [1.807, 2.05) is 0 Å². The molecule has 1 aliphatic rings. The predicted octanol–water partition coefficient (Wildman–Crippen LogP) is 3.60. The average Bonchev–Trinajstić information content (AvgIpc) is 1.84. The van der Waals surface area contributed by atoms with Crippen LogP contribution in [0.4, 0.5) is 0 Å². The number of rotatable bonds is 3. The maximum atomic E-state index is 3.61. The van der Waals surface area contributed by atoms with Crippen LogP contribution in [0.3, 0.4) is 0 Å². The topological polar surface area (TPSA) is 0 Å². The van der Waals surface area contributed by atoms with Crippen LogP contribution in [0, 0.1) is 11.3 Å². The van der Waals surface area contributed by atoms with Gasteiger partial charge in [0.05, 0.1) is 0 Å². The van der Waals surface area contributed by atoms with Gasteiger partial charge in [0.2, 0.25) is 0 Å². The Kier molecular flexibility index (Phi) is 2.79. The van der Waals surface area contributed by atoms with E-state index in [9.17, 15) is 0 Å². The second-order valence-electron chi connectivity index (χ2n) is 3.77. The summed E-state index contributed by atoms with van der Waals surface area (Å²) in [5.41, 5.74) is 0.595. The summed E-state index contributed by atoms with van der Waals surface area (Å²) in [4.78, 5) is 0. The van der Waals surface area contributed by atoms with E-state index in [2.05, 4.69) is 29.8 Å². The standard InChI is InChI=1S/C9H17Br/c1-3-9(2,7-10)8-5-4-6-8/h8H,3-7H2,1-2H3. The zero-order valence-corrected chi connectivity index (χ0v) is 8.58. The zero-order chi connectivity index (χ0) is 7.61. The van der Waals surface area contributed by atoms with Gasteiger partial charge in [0.15, 0.2) is 0 Å². The Morgan fingerprint density at radius 2 is 2.10 bits per heavy atom. The van der Waals surface area contributed by atoms with Gasteiger partial charge in [-0.1, -0.05) is 36.2 Å². The average molecular weight is 205 g/mol. The Hall–Kier alpha value is 0.480. The Balaban J connectivity index is 2.44. The fourth-order valence-corrected chi connectivity index (χ4v) is 2.45. The smallest absolute Gasteiger partial charge is 0.00878 e. The van der Waals surface area contributed by atoms with Crippen molar-refractivity contribution in [3.63, 3.8) is 0 Å². The van der Waals surface area contributed by atoms with Crippen molar-refractivity contribution in [2.45, 2.75) is 39.5 Å². The van der Waals surface area contributed by atoms with Gasteiger partial charge in [-0.3, -0.25) is 0 Å². The van der Waals surface area contributed by atoms with Crippen molar-refractivity contribution in [3.8, 4) is 0 Å². The number of hydrogen-bond donors (Lipinski definition) is 0. The van der Waals surface area contributed by atoms with Crippen LogP contribution >= 0.6 is 15.9 Å². The van der Waals surface area contributed by atoms with Gasteiger partial charge in [0.1, 0.15) is 0 Å². The Labute approximate surface area is 72.5 Å². The van der Waals surface area contributed by atoms with Crippen molar-refractivity contribution in [2.75, 3.05) is 5.33 Å². The lowest BCUT2D eigenvalue weighted by atomic mass is 9.66. The normalized spacial score (nSPS) is 25.5. The van der Waals surface area contributed by atoms with Crippen molar-refractivity contribution in [2.24, 2.45) is 11.3 Å². The summed E-state index contributed by atoms with van der Waals surface area (Å²) in [6.45, 7) is 4.71. The number of hydrogen-bond acceptors (Lipinski definition) is 0. The summed E-state index contributed by atoms with van der Waals surface area (Å²) in [7, 11) is 0. The molecule has 10 heavy (non-hydrogen) atoms. The highest BCUT2D eigenvalue weighted by molar-refractivity contribution is 9.09. The van der Waals surface area contributed by atoms with Crippen molar-refractivity contribution >= 4 is 15.9 Å². The Bertz CT molecular complexity index is 101. The maximum absolute atomic E-state index is 3.61. The third-order valence-corrected chi connectivity index (χ3v) is 4.48. The molecule has 0 aromatic rings. The van der Waals surface area contributed by atoms with E-state index in [4.69, 9.17) is 0 Å². The van der Waals surface area contributed by atoms with Crippen molar-refractivity contribution < 1.29 is 0 Å². The molecule has 0 heterocycles. The molecule has 0 amide bonds. The molecular weight excluding hydrogens is 188 g/mol. The molecule has 1 rings (SSSR count). The first-order valence-electron chi connectivity index (χ1n) is 4.29. The third kappa shape index (κ3) is 1.39. The fraction of sp³-hybridized carbons (Fsp3) is 1.00. The van der Waals surface area contributed by atoms with E-state index >= 15 is 0 Å². The lowest BCUT2D eigenvalue weighted by molar-refractivity contribution is 0.123. The van der Waals surface area contributed by atoms with Gasteiger partial charge in [-0.25, -0.2) is 0 Å². The van der Waals surface area contributed by atoms with E-state index in [0.29, 0.717) is 5.41 Å². The number of alkyl halides is 1. The summed E-state index contributed by atoms with van der Waals surface area (Å²) in [5, 5.41) is 1.18. The molecule has 1 saturated carbocycles. The quantitative estimate of drug-likeness (QED) is 0.617.